The molecule has 1 aromatic rings. The highest BCUT2D eigenvalue weighted by Crippen LogP contribution is 2.11. The molecule has 1 unspecified atom stereocenters. The molecule has 0 aromatic heterocycles. The molecule has 0 bridgehead atoms. The van der Waals surface area contributed by atoms with Gasteiger partial charge in [0, 0.05) is 30.5 Å². The van der Waals surface area contributed by atoms with E-state index in [0.29, 0.717) is 6.42 Å². The van der Waals surface area contributed by atoms with E-state index < -0.39 is 0 Å². The smallest absolute Gasteiger partial charge is 0.222 e. The number of benzene rings is 1. The van der Waals surface area contributed by atoms with Gasteiger partial charge in [0.1, 0.15) is 0 Å². The fourth-order valence-corrected chi connectivity index (χ4v) is 1.88. The molecule has 1 aromatic carbocycles. The van der Waals surface area contributed by atoms with E-state index >= 15 is 0 Å². The predicted molar refractivity (Wildman–Crippen MR) is 85.6 cm³/mol. The molecule has 2 N–H and O–H groups in total. The van der Waals surface area contributed by atoms with Crippen molar-refractivity contribution >= 4 is 34.2 Å². The summed E-state index contributed by atoms with van der Waals surface area (Å²) in [6.45, 7) is 2.68. The number of nitrogens with zero attached hydrogens (tertiary/aromatic N) is 1. The van der Waals surface area contributed by atoms with Crippen molar-refractivity contribution in [3.63, 3.8) is 0 Å². The number of likely N-dealkylation sites (N-methyl/N-ethyl adjacent to an activating group) is 1. The maximum atomic E-state index is 11.8. The number of rotatable bonds is 6. The van der Waals surface area contributed by atoms with Crippen LogP contribution in [0.1, 0.15) is 25.3 Å². The molecule has 1 rings (SSSR count). The van der Waals surface area contributed by atoms with Gasteiger partial charge in [-0.25, -0.2) is 0 Å². The van der Waals surface area contributed by atoms with E-state index in [-0.39, 0.29) is 24.4 Å². The zero-order valence-corrected chi connectivity index (χ0v) is 13.8. The number of carbonyl (C=O) groups is 1. The second kappa shape index (κ2) is 9.34. The van der Waals surface area contributed by atoms with Gasteiger partial charge >= 0.3 is 0 Å². The molecular weight excluding hydrogens is 328 g/mol. The standard InChI is InChI=1S/C14H21BrN2O.ClH/c1-11(16)3-8-14(18)17(2)10-9-12-4-6-13(15)7-5-12;/h4-7,11H,3,8-10,16H2,1-2H3;1H. The van der Waals surface area contributed by atoms with Crippen LogP contribution in [0.3, 0.4) is 0 Å². The minimum absolute atomic E-state index is 0. The summed E-state index contributed by atoms with van der Waals surface area (Å²) in [7, 11) is 1.85. The molecule has 0 spiro atoms. The Balaban J connectivity index is 0.00000324. The van der Waals surface area contributed by atoms with Gasteiger partial charge < -0.3 is 10.6 Å². The SMILES string of the molecule is CC(N)CCC(=O)N(C)CCc1ccc(Br)cc1.Cl. The minimum Gasteiger partial charge on any atom is -0.345 e. The molecule has 0 heterocycles. The molecule has 1 atom stereocenters. The van der Waals surface area contributed by atoms with Gasteiger partial charge in [-0.1, -0.05) is 28.1 Å². The van der Waals surface area contributed by atoms with Crippen molar-refractivity contribution in [3.8, 4) is 0 Å². The van der Waals surface area contributed by atoms with Gasteiger partial charge in [0.15, 0.2) is 0 Å². The maximum Gasteiger partial charge on any atom is 0.222 e. The third-order valence-electron chi connectivity index (χ3n) is 2.89. The molecule has 0 aliphatic heterocycles. The van der Waals surface area contributed by atoms with Crippen LogP contribution in [0.4, 0.5) is 0 Å². The number of hydrogen-bond acceptors (Lipinski definition) is 2. The Morgan fingerprint density at radius 3 is 2.47 bits per heavy atom. The van der Waals surface area contributed by atoms with Crippen LogP contribution >= 0.6 is 28.3 Å². The second-order valence-electron chi connectivity index (χ2n) is 4.71. The normalized spacial score (nSPS) is 11.6. The molecule has 0 radical (unpaired) electrons. The Labute approximate surface area is 130 Å². The van der Waals surface area contributed by atoms with Gasteiger partial charge in [-0.2, -0.15) is 0 Å². The summed E-state index contributed by atoms with van der Waals surface area (Å²) in [5, 5.41) is 0. The van der Waals surface area contributed by atoms with Gasteiger partial charge in [-0.15, -0.1) is 12.4 Å². The van der Waals surface area contributed by atoms with Crippen LogP contribution in [-0.4, -0.2) is 30.4 Å². The number of amides is 1. The highest BCUT2D eigenvalue weighted by Gasteiger charge is 2.09. The van der Waals surface area contributed by atoms with Crippen LogP contribution in [0.15, 0.2) is 28.7 Å². The molecular formula is C14H22BrClN2O. The molecule has 0 saturated heterocycles. The predicted octanol–water partition coefficient (Wildman–Crippen LogP) is 3.00. The molecule has 0 fully saturated rings. The van der Waals surface area contributed by atoms with Crippen LogP contribution in [0.5, 0.6) is 0 Å². The third kappa shape index (κ3) is 7.55. The lowest BCUT2D eigenvalue weighted by Crippen LogP contribution is -2.30. The van der Waals surface area contributed by atoms with E-state index in [1.165, 1.54) is 5.56 Å². The quantitative estimate of drug-likeness (QED) is 0.858. The molecule has 108 valence electrons. The first-order valence-electron chi connectivity index (χ1n) is 6.23. The lowest BCUT2D eigenvalue weighted by molar-refractivity contribution is -0.130. The number of hydrogen-bond donors (Lipinski definition) is 1. The molecule has 0 saturated carbocycles. The van der Waals surface area contributed by atoms with Gasteiger partial charge in [0.25, 0.3) is 0 Å². The second-order valence-corrected chi connectivity index (χ2v) is 5.62. The van der Waals surface area contributed by atoms with Crippen molar-refractivity contribution in [2.75, 3.05) is 13.6 Å². The topological polar surface area (TPSA) is 46.3 Å². The van der Waals surface area contributed by atoms with Gasteiger partial charge in [0.2, 0.25) is 5.91 Å². The van der Waals surface area contributed by atoms with Crippen molar-refractivity contribution in [1.29, 1.82) is 0 Å². The van der Waals surface area contributed by atoms with Crippen molar-refractivity contribution in [2.45, 2.75) is 32.2 Å². The summed E-state index contributed by atoms with van der Waals surface area (Å²) in [6.07, 6.45) is 2.17. The summed E-state index contributed by atoms with van der Waals surface area (Å²) >= 11 is 3.41. The third-order valence-corrected chi connectivity index (χ3v) is 3.42. The monoisotopic (exact) mass is 348 g/mol. The summed E-state index contributed by atoms with van der Waals surface area (Å²) in [5.41, 5.74) is 6.89. The van der Waals surface area contributed by atoms with Crippen LogP contribution in [0, 0.1) is 0 Å². The van der Waals surface area contributed by atoms with Crippen LogP contribution in [0.25, 0.3) is 0 Å². The summed E-state index contributed by atoms with van der Waals surface area (Å²) in [5.74, 6) is 0.171. The Morgan fingerprint density at radius 1 is 1.37 bits per heavy atom. The van der Waals surface area contributed by atoms with Crippen LogP contribution in [0.2, 0.25) is 0 Å². The van der Waals surface area contributed by atoms with Gasteiger partial charge in [0.05, 0.1) is 0 Å². The summed E-state index contributed by atoms with van der Waals surface area (Å²) in [6, 6.07) is 8.28. The van der Waals surface area contributed by atoms with Gasteiger partial charge in [-0.3, -0.25) is 4.79 Å². The average molecular weight is 350 g/mol. The van der Waals surface area contributed by atoms with E-state index in [0.717, 1.165) is 23.9 Å². The minimum atomic E-state index is 0. The van der Waals surface area contributed by atoms with Gasteiger partial charge in [-0.05, 0) is 37.5 Å². The Morgan fingerprint density at radius 2 is 1.95 bits per heavy atom. The Bertz CT molecular complexity index is 382. The lowest BCUT2D eigenvalue weighted by atomic mass is 10.1. The van der Waals surface area contributed by atoms with Crippen molar-refractivity contribution in [1.82, 2.24) is 4.90 Å². The fourth-order valence-electron chi connectivity index (χ4n) is 1.61. The van der Waals surface area contributed by atoms with E-state index in [9.17, 15) is 4.79 Å². The molecule has 0 aliphatic rings. The fraction of sp³-hybridized carbons (Fsp3) is 0.500. The van der Waals surface area contributed by atoms with E-state index in [1.807, 2.05) is 26.1 Å². The van der Waals surface area contributed by atoms with Crippen molar-refractivity contribution in [2.24, 2.45) is 5.73 Å². The molecule has 3 nitrogen and oxygen atoms in total. The first-order chi connectivity index (χ1) is 8.49. The Hall–Kier alpha value is -0.580. The Kier molecular flexibility index (Phi) is 9.06. The first-order valence-corrected chi connectivity index (χ1v) is 7.02. The zero-order valence-electron chi connectivity index (χ0n) is 11.4. The van der Waals surface area contributed by atoms with E-state index in [4.69, 9.17) is 5.73 Å². The average Bonchev–Trinajstić information content (AvgIpc) is 2.34. The highest BCUT2D eigenvalue weighted by molar-refractivity contribution is 9.10. The molecule has 19 heavy (non-hydrogen) atoms. The molecule has 5 heteroatoms. The first kappa shape index (κ1) is 18.4. The lowest BCUT2D eigenvalue weighted by Gasteiger charge is -2.17. The zero-order chi connectivity index (χ0) is 13.5. The molecule has 1 amide bonds. The maximum absolute atomic E-state index is 11.8. The van der Waals surface area contributed by atoms with Crippen LogP contribution in [-0.2, 0) is 11.2 Å². The number of halogens is 2. The summed E-state index contributed by atoms with van der Waals surface area (Å²) in [4.78, 5) is 13.6. The van der Waals surface area contributed by atoms with Crippen LogP contribution < -0.4 is 5.73 Å². The molecule has 0 aliphatic carbocycles. The van der Waals surface area contributed by atoms with E-state index in [2.05, 4.69) is 28.1 Å². The van der Waals surface area contributed by atoms with E-state index in [1.54, 1.807) is 4.90 Å². The number of nitrogens with two attached hydrogens (primary N) is 1. The number of carbonyl (C=O) groups excluding carboxylic acids is 1. The summed E-state index contributed by atoms with van der Waals surface area (Å²) < 4.78 is 1.08. The van der Waals surface area contributed by atoms with Crippen molar-refractivity contribution < 1.29 is 4.79 Å². The van der Waals surface area contributed by atoms with Crippen molar-refractivity contribution in [3.05, 3.63) is 34.3 Å². The highest BCUT2D eigenvalue weighted by atomic mass is 79.9. The largest absolute Gasteiger partial charge is 0.345 e.